The van der Waals surface area contributed by atoms with Crippen molar-refractivity contribution >= 4 is 22.7 Å². The van der Waals surface area contributed by atoms with Crippen LogP contribution in [0.15, 0.2) is 24.5 Å². The van der Waals surface area contributed by atoms with E-state index < -0.39 is 0 Å². The number of hydrogen-bond acceptors (Lipinski definition) is 3. The van der Waals surface area contributed by atoms with E-state index in [1.165, 1.54) is 0 Å². The molecule has 0 spiro atoms. The van der Waals surface area contributed by atoms with Crippen LogP contribution in [0.4, 0.5) is 0 Å². The fourth-order valence-electron chi connectivity index (χ4n) is 2.46. The van der Waals surface area contributed by atoms with Gasteiger partial charge < -0.3 is 9.47 Å². The number of rotatable bonds is 1. The Morgan fingerprint density at radius 3 is 3.00 bits per heavy atom. The quantitative estimate of drug-likeness (QED) is 0.775. The molecule has 1 aliphatic rings. The van der Waals surface area contributed by atoms with Crippen LogP contribution in [0.25, 0.3) is 11.0 Å². The molecule has 1 aromatic heterocycles. The highest BCUT2D eigenvalue weighted by atomic mass is 16.2. The number of carbonyl (C=O) groups is 2. The molecule has 1 amide bonds. The molecule has 0 N–H and O–H groups in total. The molecular formula is C14H15N3O2. The maximum absolute atomic E-state index is 12.3. The second-order valence-corrected chi connectivity index (χ2v) is 4.93. The van der Waals surface area contributed by atoms with E-state index in [4.69, 9.17) is 0 Å². The summed E-state index contributed by atoms with van der Waals surface area (Å²) < 4.78 is 1.91. The fourth-order valence-corrected chi connectivity index (χ4v) is 2.46. The van der Waals surface area contributed by atoms with Crippen molar-refractivity contribution in [1.29, 1.82) is 0 Å². The van der Waals surface area contributed by atoms with E-state index in [9.17, 15) is 9.59 Å². The molecule has 0 saturated carbocycles. The van der Waals surface area contributed by atoms with Crippen LogP contribution >= 0.6 is 0 Å². The molecule has 1 aromatic carbocycles. The lowest BCUT2D eigenvalue weighted by Gasteiger charge is -2.25. The normalized spacial score (nSPS) is 16.1. The number of likely N-dealkylation sites (tertiary alicyclic amines) is 1. The van der Waals surface area contributed by atoms with Crippen molar-refractivity contribution in [2.45, 2.75) is 12.8 Å². The minimum atomic E-state index is -0.0828. The van der Waals surface area contributed by atoms with Crippen LogP contribution in [-0.2, 0) is 11.8 Å². The number of carbonyl (C=O) groups excluding carboxylic acids is 2. The van der Waals surface area contributed by atoms with Crippen molar-refractivity contribution in [2.24, 2.45) is 7.05 Å². The van der Waals surface area contributed by atoms with Gasteiger partial charge in [0.15, 0.2) is 5.78 Å². The number of hydrogen-bond donors (Lipinski definition) is 0. The van der Waals surface area contributed by atoms with Gasteiger partial charge in [-0.1, -0.05) is 0 Å². The number of nitrogens with zero attached hydrogens (tertiary/aromatic N) is 3. The lowest BCUT2D eigenvalue weighted by Crippen LogP contribution is -2.40. The van der Waals surface area contributed by atoms with Crippen molar-refractivity contribution in [2.75, 3.05) is 13.1 Å². The Labute approximate surface area is 110 Å². The molecule has 98 valence electrons. The first-order chi connectivity index (χ1) is 9.15. The Morgan fingerprint density at radius 1 is 1.37 bits per heavy atom. The Balaban J connectivity index is 1.90. The molecule has 0 aliphatic carbocycles. The van der Waals surface area contributed by atoms with Crippen LogP contribution in [-0.4, -0.2) is 39.2 Å². The summed E-state index contributed by atoms with van der Waals surface area (Å²) in [5, 5.41) is 0. The number of fused-ring (bicyclic) bond motifs is 1. The van der Waals surface area contributed by atoms with Crippen LogP contribution in [0.2, 0.25) is 0 Å². The van der Waals surface area contributed by atoms with E-state index in [0.29, 0.717) is 18.5 Å². The molecule has 1 saturated heterocycles. The Hall–Kier alpha value is -2.17. The van der Waals surface area contributed by atoms with Crippen molar-refractivity contribution in [3.8, 4) is 0 Å². The number of imidazole rings is 1. The van der Waals surface area contributed by atoms with E-state index in [-0.39, 0.29) is 18.2 Å². The second kappa shape index (κ2) is 4.50. The van der Waals surface area contributed by atoms with Gasteiger partial charge in [0.05, 0.1) is 23.9 Å². The monoisotopic (exact) mass is 257 g/mol. The standard InChI is InChI=1S/C14H15N3O2/c1-16-9-15-12-7-10(4-5-13(12)16)14(19)17-6-2-3-11(18)8-17/h4-5,7,9H,2-3,6,8H2,1H3. The Bertz CT molecular complexity index is 660. The van der Waals surface area contributed by atoms with E-state index in [0.717, 1.165) is 17.5 Å². The lowest BCUT2D eigenvalue weighted by atomic mass is 10.1. The van der Waals surface area contributed by atoms with E-state index in [1.54, 1.807) is 23.4 Å². The zero-order valence-corrected chi connectivity index (χ0v) is 10.8. The third kappa shape index (κ3) is 2.12. The predicted molar refractivity (Wildman–Crippen MR) is 70.9 cm³/mol. The molecule has 2 heterocycles. The van der Waals surface area contributed by atoms with E-state index >= 15 is 0 Å². The largest absolute Gasteiger partial charge is 0.334 e. The molecule has 19 heavy (non-hydrogen) atoms. The zero-order valence-electron chi connectivity index (χ0n) is 10.8. The Kier molecular flexibility index (Phi) is 2.81. The van der Waals surface area contributed by atoms with Gasteiger partial charge in [0.2, 0.25) is 0 Å². The first-order valence-corrected chi connectivity index (χ1v) is 6.37. The van der Waals surface area contributed by atoms with Gasteiger partial charge in [-0.3, -0.25) is 9.59 Å². The van der Waals surface area contributed by atoms with Crippen molar-refractivity contribution in [1.82, 2.24) is 14.5 Å². The SMILES string of the molecule is Cn1cnc2cc(C(=O)N3CCCC(=O)C3)ccc21. The average Bonchev–Trinajstić information content (AvgIpc) is 2.79. The van der Waals surface area contributed by atoms with Gasteiger partial charge in [0, 0.05) is 25.6 Å². The van der Waals surface area contributed by atoms with Gasteiger partial charge in [0.25, 0.3) is 5.91 Å². The highest BCUT2D eigenvalue weighted by Crippen LogP contribution is 2.17. The van der Waals surface area contributed by atoms with Gasteiger partial charge in [-0.15, -0.1) is 0 Å². The predicted octanol–water partition coefficient (Wildman–Crippen LogP) is 1.38. The number of piperidine rings is 1. The number of ketones is 1. The van der Waals surface area contributed by atoms with Gasteiger partial charge in [0.1, 0.15) is 0 Å². The topological polar surface area (TPSA) is 55.2 Å². The van der Waals surface area contributed by atoms with Crippen molar-refractivity contribution in [3.05, 3.63) is 30.1 Å². The summed E-state index contributed by atoms with van der Waals surface area (Å²) in [7, 11) is 1.92. The molecule has 2 aromatic rings. The molecule has 0 bridgehead atoms. The van der Waals surface area contributed by atoms with Gasteiger partial charge in [-0.05, 0) is 24.6 Å². The number of amides is 1. The van der Waals surface area contributed by atoms with Crippen molar-refractivity contribution < 1.29 is 9.59 Å². The third-order valence-corrected chi connectivity index (χ3v) is 3.51. The summed E-state index contributed by atoms with van der Waals surface area (Å²) in [4.78, 5) is 29.6. The minimum Gasteiger partial charge on any atom is -0.334 e. The van der Waals surface area contributed by atoms with Gasteiger partial charge >= 0.3 is 0 Å². The van der Waals surface area contributed by atoms with Crippen LogP contribution in [0.1, 0.15) is 23.2 Å². The van der Waals surface area contributed by atoms with E-state index in [1.807, 2.05) is 17.7 Å². The maximum atomic E-state index is 12.3. The molecule has 5 nitrogen and oxygen atoms in total. The third-order valence-electron chi connectivity index (χ3n) is 3.51. The van der Waals surface area contributed by atoms with E-state index in [2.05, 4.69) is 4.98 Å². The molecule has 0 atom stereocenters. The minimum absolute atomic E-state index is 0.0828. The van der Waals surface area contributed by atoms with Gasteiger partial charge in [-0.25, -0.2) is 4.98 Å². The highest BCUT2D eigenvalue weighted by molar-refractivity contribution is 5.99. The molecule has 3 rings (SSSR count). The summed E-state index contributed by atoms with van der Waals surface area (Å²) in [5.41, 5.74) is 2.39. The second-order valence-electron chi connectivity index (χ2n) is 4.93. The van der Waals surface area contributed by atoms with Crippen molar-refractivity contribution in [3.63, 3.8) is 0 Å². The van der Waals surface area contributed by atoms with Gasteiger partial charge in [-0.2, -0.15) is 0 Å². The summed E-state index contributed by atoms with van der Waals surface area (Å²) in [5.74, 6) is 0.0547. The van der Waals surface area contributed by atoms with Crippen LogP contribution in [0, 0.1) is 0 Å². The average molecular weight is 257 g/mol. The number of aromatic nitrogens is 2. The summed E-state index contributed by atoms with van der Waals surface area (Å²) in [6.07, 6.45) is 3.07. The van der Waals surface area contributed by atoms with Crippen LogP contribution in [0.5, 0.6) is 0 Å². The summed E-state index contributed by atoms with van der Waals surface area (Å²) >= 11 is 0. The smallest absolute Gasteiger partial charge is 0.254 e. The molecular weight excluding hydrogens is 242 g/mol. The summed E-state index contributed by atoms with van der Waals surface area (Å²) in [6, 6.07) is 5.48. The van der Waals surface area contributed by atoms with Crippen LogP contribution in [0.3, 0.4) is 0 Å². The van der Waals surface area contributed by atoms with Crippen LogP contribution < -0.4 is 0 Å². The number of benzene rings is 1. The Morgan fingerprint density at radius 2 is 2.21 bits per heavy atom. The lowest BCUT2D eigenvalue weighted by molar-refractivity contribution is -0.121. The first kappa shape index (κ1) is 11.9. The zero-order chi connectivity index (χ0) is 13.4. The molecule has 1 aliphatic heterocycles. The highest BCUT2D eigenvalue weighted by Gasteiger charge is 2.22. The number of aryl methyl sites for hydroxylation is 1. The molecule has 0 radical (unpaired) electrons. The first-order valence-electron chi connectivity index (χ1n) is 6.37. The number of Topliss-reactive ketones (excluding diaryl/α,β-unsaturated/α-hetero) is 1. The molecule has 5 heteroatoms. The molecule has 1 fully saturated rings. The maximum Gasteiger partial charge on any atom is 0.254 e. The summed E-state index contributed by atoms with van der Waals surface area (Å²) in [6.45, 7) is 0.893. The fraction of sp³-hybridized carbons (Fsp3) is 0.357. The molecule has 0 unspecified atom stereocenters.